The fraction of sp³-hybridized carbons (Fsp3) is 0.259. The van der Waals surface area contributed by atoms with Gasteiger partial charge in [-0.15, -0.1) is 0 Å². The highest BCUT2D eigenvalue weighted by atomic mass is 16.4. The number of aryl methyl sites for hydroxylation is 1. The minimum absolute atomic E-state index is 0.0847. The van der Waals surface area contributed by atoms with E-state index >= 15 is 0 Å². The van der Waals surface area contributed by atoms with Crippen molar-refractivity contribution in [3.8, 4) is 11.1 Å². The summed E-state index contributed by atoms with van der Waals surface area (Å²) in [5, 5.41) is 12.2. The van der Waals surface area contributed by atoms with E-state index in [0.29, 0.717) is 12.0 Å². The lowest BCUT2D eigenvalue weighted by atomic mass is 9.96. The van der Waals surface area contributed by atoms with Crippen LogP contribution in [0.25, 0.3) is 22.8 Å². The summed E-state index contributed by atoms with van der Waals surface area (Å²) >= 11 is 0. The SMILES string of the molecule is O=C(O)CCc1c(/C=C2\C(=O)Nc3ccc(-c4ccccc4)cc32)[nH]c2c1CCCCC2. The van der Waals surface area contributed by atoms with Crippen molar-refractivity contribution in [1.29, 1.82) is 0 Å². The molecule has 2 aliphatic rings. The Kier molecular flexibility index (Phi) is 5.39. The number of H-pyrrole nitrogens is 1. The molecule has 0 saturated carbocycles. The molecule has 0 spiro atoms. The van der Waals surface area contributed by atoms with E-state index in [1.807, 2.05) is 36.4 Å². The molecule has 32 heavy (non-hydrogen) atoms. The van der Waals surface area contributed by atoms with Crippen LogP contribution in [0.1, 0.15) is 53.8 Å². The number of anilines is 1. The van der Waals surface area contributed by atoms with Crippen molar-refractivity contribution < 1.29 is 14.7 Å². The lowest BCUT2D eigenvalue weighted by molar-refractivity contribution is -0.137. The Morgan fingerprint density at radius 2 is 1.81 bits per heavy atom. The molecule has 3 N–H and O–H groups in total. The molecule has 0 atom stereocenters. The van der Waals surface area contributed by atoms with Crippen molar-refractivity contribution in [3.05, 3.63) is 76.6 Å². The minimum atomic E-state index is -0.802. The zero-order valence-electron chi connectivity index (χ0n) is 17.9. The first-order valence-corrected chi connectivity index (χ1v) is 11.3. The van der Waals surface area contributed by atoms with Gasteiger partial charge in [-0.3, -0.25) is 9.59 Å². The lowest BCUT2D eigenvalue weighted by Crippen LogP contribution is -2.04. The van der Waals surface area contributed by atoms with Crippen LogP contribution in [0.2, 0.25) is 0 Å². The predicted molar refractivity (Wildman–Crippen MR) is 126 cm³/mol. The molecule has 0 unspecified atom stereocenters. The van der Waals surface area contributed by atoms with Gasteiger partial charge in [-0.1, -0.05) is 42.8 Å². The molecule has 2 aromatic carbocycles. The number of carbonyl (C=O) groups excluding carboxylic acids is 1. The largest absolute Gasteiger partial charge is 0.481 e. The van der Waals surface area contributed by atoms with Crippen molar-refractivity contribution in [2.75, 3.05) is 5.32 Å². The van der Waals surface area contributed by atoms with Gasteiger partial charge in [0.15, 0.2) is 0 Å². The highest BCUT2D eigenvalue weighted by molar-refractivity contribution is 6.35. The Bertz CT molecular complexity index is 1220. The van der Waals surface area contributed by atoms with E-state index in [2.05, 4.69) is 28.5 Å². The molecule has 0 saturated heterocycles. The average molecular weight is 427 g/mol. The third kappa shape index (κ3) is 3.86. The molecule has 1 aromatic heterocycles. The van der Waals surface area contributed by atoms with E-state index in [4.69, 9.17) is 0 Å². The van der Waals surface area contributed by atoms with Gasteiger partial charge in [0.1, 0.15) is 0 Å². The molecule has 1 amide bonds. The average Bonchev–Trinajstić information content (AvgIpc) is 3.17. The maximum absolute atomic E-state index is 12.9. The summed E-state index contributed by atoms with van der Waals surface area (Å²) in [5.41, 5.74) is 8.84. The van der Waals surface area contributed by atoms with Crippen LogP contribution in [0.3, 0.4) is 0 Å². The molecule has 5 nitrogen and oxygen atoms in total. The molecule has 5 rings (SSSR count). The maximum atomic E-state index is 12.9. The second-order valence-corrected chi connectivity index (χ2v) is 8.57. The molecule has 1 aliphatic heterocycles. The highest BCUT2D eigenvalue weighted by Gasteiger charge is 2.26. The number of carboxylic acids is 1. The first-order valence-electron chi connectivity index (χ1n) is 11.3. The second kappa shape index (κ2) is 8.50. The van der Waals surface area contributed by atoms with Gasteiger partial charge in [-0.05, 0) is 72.6 Å². The van der Waals surface area contributed by atoms with E-state index in [1.54, 1.807) is 0 Å². The normalized spacial score (nSPS) is 16.4. The molecule has 0 fully saturated rings. The van der Waals surface area contributed by atoms with E-state index in [0.717, 1.165) is 59.3 Å². The Labute approximate surface area is 187 Å². The van der Waals surface area contributed by atoms with Crippen LogP contribution in [0.4, 0.5) is 5.69 Å². The van der Waals surface area contributed by atoms with Crippen LogP contribution in [0.15, 0.2) is 48.5 Å². The van der Waals surface area contributed by atoms with Crippen LogP contribution in [-0.4, -0.2) is 22.0 Å². The van der Waals surface area contributed by atoms with Gasteiger partial charge in [0.25, 0.3) is 5.91 Å². The maximum Gasteiger partial charge on any atom is 0.303 e. The quantitative estimate of drug-likeness (QED) is 0.374. The monoisotopic (exact) mass is 426 g/mol. The lowest BCUT2D eigenvalue weighted by Gasteiger charge is -2.06. The van der Waals surface area contributed by atoms with Gasteiger partial charge in [-0.2, -0.15) is 0 Å². The molecule has 0 radical (unpaired) electrons. The standard InChI is InChI=1S/C27H26N2O3/c30-26(31)14-12-20-19-9-5-2-6-10-23(19)28-25(20)16-22-21-15-18(17-7-3-1-4-8-17)11-13-24(21)29-27(22)32/h1,3-4,7-8,11,13,15-16,28H,2,5-6,9-10,12,14H2,(H,29,32)(H,30,31)/b22-16-. The summed E-state index contributed by atoms with van der Waals surface area (Å²) in [4.78, 5) is 27.7. The summed E-state index contributed by atoms with van der Waals surface area (Å²) in [6.07, 6.45) is 7.85. The molecule has 2 heterocycles. The highest BCUT2D eigenvalue weighted by Crippen LogP contribution is 2.37. The van der Waals surface area contributed by atoms with E-state index in [-0.39, 0.29) is 12.3 Å². The fourth-order valence-electron chi connectivity index (χ4n) is 4.88. The van der Waals surface area contributed by atoms with Gasteiger partial charge in [-0.25, -0.2) is 0 Å². The molecule has 1 aliphatic carbocycles. The zero-order chi connectivity index (χ0) is 22.1. The first-order chi connectivity index (χ1) is 15.6. The number of aromatic nitrogens is 1. The van der Waals surface area contributed by atoms with E-state index in [9.17, 15) is 14.7 Å². The molecular weight excluding hydrogens is 400 g/mol. The van der Waals surface area contributed by atoms with E-state index in [1.165, 1.54) is 17.7 Å². The summed E-state index contributed by atoms with van der Waals surface area (Å²) in [6, 6.07) is 16.1. The summed E-state index contributed by atoms with van der Waals surface area (Å²) < 4.78 is 0. The number of benzene rings is 2. The molecule has 3 aromatic rings. The zero-order valence-corrected chi connectivity index (χ0v) is 17.9. The number of fused-ring (bicyclic) bond motifs is 2. The van der Waals surface area contributed by atoms with Gasteiger partial charge in [0.05, 0.1) is 5.57 Å². The van der Waals surface area contributed by atoms with Crippen molar-refractivity contribution in [1.82, 2.24) is 4.98 Å². The topological polar surface area (TPSA) is 82.2 Å². The third-order valence-corrected chi connectivity index (χ3v) is 6.48. The smallest absolute Gasteiger partial charge is 0.303 e. The Balaban J connectivity index is 1.58. The number of amides is 1. The Morgan fingerprint density at radius 1 is 1.00 bits per heavy atom. The molecule has 0 bridgehead atoms. The number of nitrogens with one attached hydrogen (secondary N) is 2. The number of aliphatic carboxylic acids is 1. The molecule has 162 valence electrons. The minimum Gasteiger partial charge on any atom is -0.481 e. The van der Waals surface area contributed by atoms with Crippen LogP contribution < -0.4 is 5.32 Å². The summed E-state index contributed by atoms with van der Waals surface area (Å²) in [5.74, 6) is -0.928. The fourth-order valence-corrected chi connectivity index (χ4v) is 4.88. The van der Waals surface area contributed by atoms with Gasteiger partial charge < -0.3 is 15.4 Å². The number of rotatable bonds is 5. The Morgan fingerprint density at radius 3 is 2.62 bits per heavy atom. The second-order valence-electron chi connectivity index (χ2n) is 8.57. The van der Waals surface area contributed by atoms with Crippen LogP contribution in [-0.2, 0) is 28.9 Å². The molecule has 5 heteroatoms. The predicted octanol–water partition coefficient (Wildman–Crippen LogP) is 5.46. The van der Waals surface area contributed by atoms with Gasteiger partial charge >= 0.3 is 5.97 Å². The number of hydrogen-bond acceptors (Lipinski definition) is 2. The van der Waals surface area contributed by atoms with Crippen molar-refractivity contribution >= 4 is 29.2 Å². The number of carbonyl (C=O) groups is 2. The molecular formula is C27H26N2O3. The van der Waals surface area contributed by atoms with Gasteiger partial charge in [0.2, 0.25) is 0 Å². The van der Waals surface area contributed by atoms with Gasteiger partial charge in [0, 0.05) is 29.1 Å². The van der Waals surface area contributed by atoms with Crippen LogP contribution in [0, 0.1) is 0 Å². The number of carboxylic acid groups (broad SMARTS) is 1. The van der Waals surface area contributed by atoms with Crippen LogP contribution >= 0.6 is 0 Å². The van der Waals surface area contributed by atoms with E-state index < -0.39 is 5.97 Å². The number of aromatic amines is 1. The first kappa shape index (κ1) is 20.3. The summed E-state index contributed by atoms with van der Waals surface area (Å²) in [7, 11) is 0. The third-order valence-electron chi connectivity index (χ3n) is 6.48. The van der Waals surface area contributed by atoms with Crippen molar-refractivity contribution in [3.63, 3.8) is 0 Å². The van der Waals surface area contributed by atoms with Crippen LogP contribution in [0.5, 0.6) is 0 Å². The summed E-state index contributed by atoms with van der Waals surface area (Å²) in [6.45, 7) is 0. The number of hydrogen-bond donors (Lipinski definition) is 3. The van der Waals surface area contributed by atoms with Crippen molar-refractivity contribution in [2.45, 2.75) is 44.9 Å². The van der Waals surface area contributed by atoms with Crippen molar-refractivity contribution in [2.24, 2.45) is 0 Å². The Hall–Kier alpha value is -3.60.